The first-order valence-corrected chi connectivity index (χ1v) is 9.62. The number of rotatable bonds is 7. The van der Waals surface area contributed by atoms with Gasteiger partial charge in [-0.05, 0) is 44.4 Å². The van der Waals surface area contributed by atoms with Gasteiger partial charge < -0.3 is 10.6 Å². The Labute approximate surface area is 154 Å². The summed E-state index contributed by atoms with van der Waals surface area (Å²) in [5.74, 6) is 0.618. The molecule has 0 saturated carbocycles. The van der Waals surface area contributed by atoms with Gasteiger partial charge in [-0.3, -0.25) is 0 Å². The number of thiazole rings is 1. The molecule has 0 atom stereocenters. The number of aryl methyl sites for hydroxylation is 2. The van der Waals surface area contributed by atoms with Crippen molar-refractivity contribution in [3.63, 3.8) is 0 Å². The van der Waals surface area contributed by atoms with Crippen molar-refractivity contribution in [3.05, 3.63) is 50.1 Å². The third kappa shape index (κ3) is 5.87. The van der Waals surface area contributed by atoms with E-state index in [1.807, 2.05) is 31.5 Å². The maximum atomic E-state index is 13.8. The van der Waals surface area contributed by atoms with Crippen LogP contribution in [0.5, 0.6) is 0 Å². The Morgan fingerprint density at radius 3 is 2.88 bits per heavy atom. The highest BCUT2D eigenvalue weighted by atomic mass is 79.9. The molecule has 1 aromatic carbocycles. The van der Waals surface area contributed by atoms with Gasteiger partial charge in [-0.2, -0.15) is 0 Å². The Balaban J connectivity index is 1.81. The molecular formula is C17H22BrFN4S. The van der Waals surface area contributed by atoms with Gasteiger partial charge in [0.25, 0.3) is 0 Å². The third-order valence-corrected chi connectivity index (χ3v) is 4.91. The molecule has 0 aliphatic rings. The van der Waals surface area contributed by atoms with Crippen LogP contribution in [0.4, 0.5) is 4.39 Å². The van der Waals surface area contributed by atoms with Gasteiger partial charge in [0.1, 0.15) is 5.82 Å². The summed E-state index contributed by atoms with van der Waals surface area (Å²) in [7, 11) is 0. The molecule has 0 bridgehead atoms. The van der Waals surface area contributed by atoms with Crippen molar-refractivity contribution >= 4 is 33.2 Å². The number of halogens is 2. The van der Waals surface area contributed by atoms with E-state index in [4.69, 9.17) is 0 Å². The number of benzene rings is 1. The zero-order chi connectivity index (χ0) is 17.4. The number of aromatic nitrogens is 1. The van der Waals surface area contributed by atoms with Crippen molar-refractivity contribution in [3.8, 4) is 0 Å². The third-order valence-electron chi connectivity index (χ3n) is 3.50. The van der Waals surface area contributed by atoms with E-state index in [1.54, 1.807) is 11.3 Å². The molecule has 7 heteroatoms. The molecule has 4 nitrogen and oxygen atoms in total. The van der Waals surface area contributed by atoms with Crippen LogP contribution in [0.1, 0.15) is 29.5 Å². The second kappa shape index (κ2) is 9.74. The second-order valence-electron chi connectivity index (χ2n) is 5.32. The molecule has 0 spiro atoms. The van der Waals surface area contributed by atoms with Gasteiger partial charge in [-0.1, -0.05) is 22.0 Å². The average molecular weight is 413 g/mol. The molecule has 0 aliphatic carbocycles. The molecule has 0 radical (unpaired) electrons. The van der Waals surface area contributed by atoms with Gasteiger partial charge in [-0.25, -0.2) is 14.4 Å². The summed E-state index contributed by atoms with van der Waals surface area (Å²) in [5, 5.41) is 6.52. The van der Waals surface area contributed by atoms with Crippen molar-refractivity contribution in [2.45, 2.75) is 33.2 Å². The zero-order valence-electron chi connectivity index (χ0n) is 13.9. The molecule has 0 fully saturated rings. The molecule has 130 valence electrons. The predicted octanol–water partition coefficient (Wildman–Crippen LogP) is 4.04. The van der Waals surface area contributed by atoms with Crippen molar-refractivity contribution in [1.82, 2.24) is 15.6 Å². The number of guanidine groups is 1. The lowest BCUT2D eigenvalue weighted by Crippen LogP contribution is -2.37. The molecule has 0 saturated heterocycles. The van der Waals surface area contributed by atoms with E-state index >= 15 is 0 Å². The second-order valence-corrected chi connectivity index (χ2v) is 7.18. The fourth-order valence-electron chi connectivity index (χ4n) is 2.18. The minimum Gasteiger partial charge on any atom is -0.357 e. The topological polar surface area (TPSA) is 49.3 Å². The number of nitrogens with one attached hydrogen (secondary N) is 2. The van der Waals surface area contributed by atoms with Crippen LogP contribution in [0, 0.1) is 12.7 Å². The van der Waals surface area contributed by atoms with Crippen molar-refractivity contribution in [2.24, 2.45) is 4.99 Å². The van der Waals surface area contributed by atoms with Crippen molar-refractivity contribution in [2.75, 3.05) is 13.1 Å². The highest BCUT2D eigenvalue weighted by Crippen LogP contribution is 2.16. The van der Waals surface area contributed by atoms with Crippen LogP contribution in [0.3, 0.4) is 0 Å². The zero-order valence-corrected chi connectivity index (χ0v) is 16.3. The first-order chi connectivity index (χ1) is 11.6. The highest BCUT2D eigenvalue weighted by Gasteiger charge is 2.04. The highest BCUT2D eigenvalue weighted by molar-refractivity contribution is 9.10. The molecule has 2 rings (SSSR count). The van der Waals surface area contributed by atoms with E-state index in [2.05, 4.69) is 36.5 Å². The van der Waals surface area contributed by atoms with Gasteiger partial charge in [-0.15, -0.1) is 11.3 Å². The monoisotopic (exact) mass is 412 g/mol. The number of nitrogens with zero attached hydrogens (tertiary/aromatic N) is 2. The van der Waals surface area contributed by atoms with Crippen LogP contribution in [0.2, 0.25) is 0 Å². The molecular weight excluding hydrogens is 391 g/mol. The molecule has 2 aromatic rings. The van der Waals surface area contributed by atoms with E-state index in [1.165, 1.54) is 10.9 Å². The standard InChI is InChI=1S/C17H22BrFN4S/c1-3-20-17(22-10-16-12(2)23-11-24-16)21-8-4-5-13-6-7-14(18)9-15(13)19/h6-7,9,11H,3-5,8,10H2,1-2H3,(H2,20,21,22). The lowest BCUT2D eigenvalue weighted by Gasteiger charge is -2.11. The quantitative estimate of drug-likeness (QED) is 0.409. The number of aliphatic imine (C=N–C) groups is 1. The van der Waals surface area contributed by atoms with Crippen LogP contribution in [-0.2, 0) is 13.0 Å². The van der Waals surface area contributed by atoms with Crippen molar-refractivity contribution < 1.29 is 4.39 Å². The summed E-state index contributed by atoms with van der Waals surface area (Å²) in [6.45, 7) is 6.19. The minimum absolute atomic E-state index is 0.161. The lowest BCUT2D eigenvalue weighted by atomic mass is 10.1. The lowest BCUT2D eigenvalue weighted by molar-refractivity contribution is 0.602. The minimum atomic E-state index is -0.161. The van der Waals surface area contributed by atoms with Crippen LogP contribution < -0.4 is 10.6 Å². The van der Waals surface area contributed by atoms with E-state index < -0.39 is 0 Å². The van der Waals surface area contributed by atoms with Gasteiger partial charge >= 0.3 is 0 Å². The fourth-order valence-corrected chi connectivity index (χ4v) is 3.21. The molecule has 1 aromatic heterocycles. The van der Waals surface area contributed by atoms with Crippen LogP contribution in [-0.4, -0.2) is 24.0 Å². The normalized spacial score (nSPS) is 11.6. The smallest absolute Gasteiger partial charge is 0.191 e. The predicted molar refractivity (Wildman–Crippen MR) is 102 cm³/mol. The Hall–Kier alpha value is -1.47. The average Bonchev–Trinajstić information content (AvgIpc) is 2.96. The van der Waals surface area contributed by atoms with E-state index in [0.29, 0.717) is 13.0 Å². The Morgan fingerprint density at radius 2 is 2.21 bits per heavy atom. The molecule has 0 amide bonds. The van der Waals surface area contributed by atoms with Crippen LogP contribution >= 0.6 is 27.3 Å². The molecule has 2 N–H and O–H groups in total. The maximum absolute atomic E-state index is 13.8. The van der Waals surface area contributed by atoms with Crippen LogP contribution in [0.25, 0.3) is 0 Å². The fraction of sp³-hybridized carbons (Fsp3) is 0.412. The number of hydrogen-bond donors (Lipinski definition) is 2. The van der Waals surface area contributed by atoms with Gasteiger partial charge in [0.15, 0.2) is 5.96 Å². The summed E-state index contributed by atoms with van der Waals surface area (Å²) < 4.78 is 14.5. The Bertz CT molecular complexity index is 687. The van der Waals surface area contributed by atoms with E-state index in [9.17, 15) is 4.39 Å². The van der Waals surface area contributed by atoms with Gasteiger partial charge in [0.05, 0.1) is 17.7 Å². The Morgan fingerprint density at radius 1 is 1.38 bits per heavy atom. The molecule has 24 heavy (non-hydrogen) atoms. The molecule has 1 heterocycles. The summed E-state index contributed by atoms with van der Waals surface area (Å²) in [4.78, 5) is 9.98. The van der Waals surface area contributed by atoms with Gasteiger partial charge in [0.2, 0.25) is 0 Å². The largest absolute Gasteiger partial charge is 0.357 e. The van der Waals surface area contributed by atoms with Crippen molar-refractivity contribution in [1.29, 1.82) is 0 Å². The van der Waals surface area contributed by atoms with Gasteiger partial charge in [0, 0.05) is 22.4 Å². The number of hydrogen-bond acceptors (Lipinski definition) is 3. The van der Waals surface area contributed by atoms with Crippen LogP contribution in [0.15, 0.2) is 33.2 Å². The summed E-state index contributed by atoms with van der Waals surface area (Å²) in [5.41, 5.74) is 3.61. The summed E-state index contributed by atoms with van der Waals surface area (Å²) >= 11 is 4.89. The Kier molecular flexibility index (Phi) is 7.65. The van der Waals surface area contributed by atoms with E-state index in [-0.39, 0.29) is 5.82 Å². The molecule has 0 aliphatic heterocycles. The van der Waals surface area contributed by atoms with E-state index in [0.717, 1.165) is 41.2 Å². The SMILES string of the molecule is CCNC(=NCc1scnc1C)NCCCc1ccc(Br)cc1F. The summed E-state index contributed by atoms with van der Waals surface area (Å²) in [6.07, 6.45) is 1.53. The summed E-state index contributed by atoms with van der Waals surface area (Å²) in [6, 6.07) is 5.20. The first kappa shape index (κ1) is 18.9. The maximum Gasteiger partial charge on any atom is 0.191 e. The molecule has 0 unspecified atom stereocenters. The first-order valence-electron chi connectivity index (χ1n) is 7.95.